The van der Waals surface area contributed by atoms with Crippen molar-refractivity contribution in [2.45, 2.75) is 94.7 Å². The summed E-state index contributed by atoms with van der Waals surface area (Å²) in [5, 5.41) is 0. The largest absolute Gasteiger partial charge is 0.248 e. The van der Waals surface area contributed by atoms with E-state index in [0.717, 1.165) is 5.92 Å². The maximum atomic E-state index is 11.8. The Hall–Kier alpha value is -0.470. The zero-order valence-corrected chi connectivity index (χ0v) is 17.3. The molecule has 3 heteroatoms. The van der Waals surface area contributed by atoms with Crippen molar-refractivity contribution < 1.29 is 13.2 Å². The van der Waals surface area contributed by atoms with Gasteiger partial charge >= 0.3 is 0 Å². The Balaban J connectivity index is -0.000000106. The number of halogens is 3. The molecular formula is C20H43F3. The summed E-state index contributed by atoms with van der Waals surface area (Å²) in [7, 11) is 0. The summed E-state index contributed by atoms with van der Waals surface area (Å²) in [6.45, 7) is 23.3. The predicted molar refractivity (Wildman–Crippen MR) is 101 cm³/mol. The molecule has 0 radical (unpaired) electrons. The minimum absolute atomic E-state index is 0.0278. The van der Waals surface area contributed by atoms with E-state index < -0.39 is 12.6 Å². The van der Waals surface area contributed by atoms with Crippen molar-refractivity contribution >= 4 is 0 Å². The average molecular weight is 341 g/mol. The Kier molecular flexibility index (Phi) is 28.5. The Bertz CT molecular complexity index is 195. The molecule has 0 N–H and O–H groups in total. The van der Waals surface area contributed by atoms with E-state index in [4.69, 9.17) is 0 Å². The van der Waals surface area contributed by atoms with Gasteiger partial charge in [0, 0.05) is 6.42 Å². The van der Waals surface area contributed by atoms with Gasteiger partial charge in [-0.05, 0) is 30.6 Å². The van der Waals surface area contributed by atoms with Crippen molar-refractivity contribution in [2.24, 2.45) is 23.7 Å². The molecule has 0 aromatic carbocycles. The summed E-state index contributed by atoms with van der Waals surface area (Å²) in [6, 6.07) is 0. The Morgan fingerprint density at radius 3 is 1.04 bits per heavy atom. The summed E-state index contributed by atoms with van der Waals surface area (Å²) in [5.41, 5.74) is 0. The van der Waals surface area contributed by atoms with Gasteiger partial charge in [0.1, 0.15) is 0 Å². The molecular weight excluding hydrogens is 297 g/mol. The molecule has 0 aliphatic rings. The lowest BCUT2D eigenvalue weighted by Gasteiger charge is -2.01. The predicted octanol–water partition coefficient (Wildman–Crippen LogP) is 8.18. The molecule has 0 bridgehead atoms. The zero-order valence-electron chi connectivity index (χ0n) is 17.3. The smallest absolute Gasteiger partial charge is 0.238 e. The van der Waals surface area contributed by atoms with Crippen LogP contribution in [0.1, 0.15) is 82.1 Å². The first-order valence-electron chi connectivity index (χ1n) is 8.86. The van der Waals surface area contributed by atoms with Crippen LogP contribution in [0.3, 0.4) is 0 Å². The van der Waals surface area contributed by atoms with E-state index in [9.17, 15) is 13.2 Å². The maximum Gasteiger partial charge on any atom is 0.238 e. The standard InChI is InChI=1S/C5H10F2.C5H11F.C5H12.C5H10/c1-4(2)3-5(6)7;1-4(2)5(3)6;2*1-4-5(2)3/h4-5H,3H2,1-2H3;4-5H,1-3H3;5H,4H2,1-3H3;4-5H,1H2,2-3H3. The Labute approximate surface area is 144 Å². The lowest BCUT2D eigenvalue weighted by atomic mass is 10.1. The summed E-state index contributed by atoms with van der Waals surface area (Å²) in [4.78, 5) is 0. The van der Waals surface area contributed by atoms with E-state index in [1.807, 2.05) is 19.9 Å². The molecule has 0 rings (SSSR count). The van der Waals surface area contributed by atoms with Gasteiger partial charge in [0.2, 0.25) is 6.43 Å². The Morgan fingerprint density at radius 2 is 1.04 bits per heavy atom. The van der Waals surface area contributed by atoms with Crippen molar-refractivity contribution in [3.63, 3.8) is 0 Å². The second kappa shape index (κ2) is 21.5. The van der Waals surface area contributed by atoms with E-state index in [1.54, 1.807) is 20.8 Å². The van der Waals surface area contributed by atoms with Crippen molar-refractivity contribution in [1.82, 2.24) is 0 Å². The number of hydrogen-bond donors (Lipinski definition) is 0. The number of hydrogen-bond acceptors (Lipinski definition) is 0. The summed E-state index contributed by atoms with van der Waals surface area (Å²) >= 11 is 0. The van der Waals surface area contributed by atoms with E-state index in [2.05, 4.69) is 41.2 Å². The van der Waals surface area contributed by atoms with Crippen molar-refractivity contribution in [2.75, 3.05) is 0 Å². The fraction of sp³-hybridized carbons (Fsp3) is 0.900. The van der Waals surface area contributed by atoms with Gasteiger partial charge in [0.05, 0.1) is 6.17 Å². The SMILES string of the molecule is C=CC(C)C.CC(C)C(C)F.CC(C)CC(F)F.CCC(C)C. The molecule has 0 spiro atoms. The van der Waals surface area contributed by atoms with Gasteiger partial charge in [-0.1, -0.05) is 74.8 Å². The molecule has 0 saturated heterocycles. The minimum atomic E-state index is -2.12. The van der Waals surface area contributed by atoms with Crippen LogP contribution >= 0.6 is 0 Å². The van der Waals surface area contributed by atoms with Gasteiger partial charge in [0.15, 0.2) is 0 Å². The third-order valence-electron chi connectivity index (χ3n) is 2.86. The fourth-order valence-corrected chi connectivity index (χ4v) is 0.356. The zero-order chi connectivity index (χ0) is 19.6. The highest BCUT2D eigenvalue weighted by molar-refractivity contribution is 4.69. The lowest BCUT2D eigenvalue weighted by Crippen LogP contribution is -2.01. The first-order chi connectivity index (χ1) is 10.3. The monoisotopic (exact) mass is 340 g/mol. The quantitative estimate of drug-likeness (QED) is 0.443. The molecule has 144 valence electrons. The van der Waals surface area contributed by atoms with E-state index in [1.165, 1.54) is 6.42 Å². The van der Waals surface area contributed by atoms with Crippen molar-refractivity contribution in [1.29, 1.82) is 0 Å². The topological polar surface area (TPSA) is 0 Å². The van der Waals surface area contributed by atoms with Crippen LogP contribution in [0.25, 0.3) is 0 Å². The van der Waals surface area contributed by atoms with Gasteiger partial charge in [-0.25, -0.2) is 13.2 Å². The Morgan fingerprint density at radius 1 is 0.783 bits per heavy atom. The minimum Gasteiger partial charge on any atom is -0.248 e. The highest BCUT2D eigenvalue weighted by Crippen LogP contribution is 2.07. The maximum absolute atomic E-state index is 11.8. The fourth-order valence-electron chi connectivity index (χ4n) is 0.356. The summed E-state index contributed by atoms with van der Waals surface area (Å²) < 4.78 is 34.4. The molecule has 1 atom stereocenters. The summed E-state index contributed by atoms with van der Waals surface area (Å²) in [5.74, 6) is 1.84. The van der Waals surface area contributed by atoms with Crippen LogP contribution in [-0.2, 0) is 0 Å². The number of rotatable bonds is 5. The van der Waals surface area contributed by atoms with Gasteiger partial charge in [-0.15, -0.1) is 6.58 Å². The first-order valence-corrected chi connectivity index (χ1v) is 8.86. The third-order valence-corrected chi connectivity index (χ3v) is 2.86. The van der Waals surface area contributed by atoms with Gasteiger partial charge in [0.25, 0.3) is 0 Å². The molecule has 0 aromatic heterocycles. The number of allylic oxidation sites excluding steroid dienone is 1. The molecule has 0 aliphatic heterocycles. The second-order valence-electron chi connectivity index (χ2n) is 7.22. The van der Waals surface area contributed by atoms with Crippen LogP contribution in [0.15, 0.2) is 12.7 Å². The van der Waals surface area contributed by atoms with Crippen LogP contribution in [0.2, 0.25) is 0 Å². The van der Waals surface area contributed by atoms with Crippen molar-refractivity contribution in [3.8, 4) is 0 Å². The molecule has 23 heavy (non-hydrogen) atoms. The third kappa shape index (κ3) is 61.8. The van der Waals surface area contributed by atoms with Crippen LogP contribution in [0, 0.1) is 23.7 Å². The summed E-state index contributed by atoms with van der Waals surface area (Å²) in [6.07, 6.45) is 0.477. The lowest BCUT2D eigenvalue weighted by molar-refractivity contribution is 0.121. The average Bonchev–Trinajstić information content (AvgIpc) is 2.38. The molecule has 1 unspecified atom stereocenters. The van der Waals surface area contributed by atoms with Crippen LogP contribution in [0.4, 0.5) is 13.2 Å². The second-order valence-corrected chi connectivity index (χ2v) is 7.22. The van der Waals surface area contributed by atoms with Crippen LogP contribution in [0.5, 0.6) is 0 Å². The highest BCUT2D eigenvalue weighted by atomic mass is 19.3. The van der Waals surface area contributed by atoms with E-state index in [-0.39, 0.29) is 18.3 Å². The van der Waals surface area contributed by atoms with Gasteiger partial charge in [-0.3, -0.25) is 0 Å². The van der Waals surface area contributed by atoms with Crippen LogP contribution in [-0.4, -0.2) is 12.6 Å². The molecule has 0 aliphatic carbocycles. The molecule has 0 heterocycles. The number of alkyl halides is 3. The van der Waals surface area contributed by atoms with E-state index >= 15 is 0 Å². The van der Waals surface area contributed by atoms with Crippen molar-refractivity contribution in [3.05, 3.63) is 12.7 Å². The molecule has 0 saturated carbocycles. The normalized spacial score (nSPS) is 11.4. The molecule has 0 nitrogen and oxygen atoms in total. The first kappa shape index (κ1) is 30.4. The van der Waals surface area contributed by atoms with Gasteiger partial charge in [-0.2, -0.15) is 0 Å². The molecule has 0 fully saturated rings. The highest BCUT2D eigenvalue weighted by Gasteiger charge is 2.03. The van der Waals surface area contributed by atoms with Gasteiger partial charge < -0.3 is 0 Å². The van der Waals surface area contributed by atoms with E-state index in [0.29, 0.717) is 5.92 Å². The molecule has 0 amide bonds. The van der Waals surface area contributed by atoms with Crippen LogP contribution < -0.4 is 0 Å². The molecule has 0 aromatic rings.